The van der Waals surface area contributed by atoms with Gasteiger partial charge in [0.15, 0.2) is 0 Å². The van der Waals surface area contributed by atoms with Crippen LogP contribution in [0, 0.1) is 6.92 Å². The molecule has 0 radical (unpaired) electrons. The third kappa shape index (κ3) is 4.92. The summed E-state index contributed by atoms with van der Waals surface area (Å²) in [6, 6.07) is 5.29. The lowest BCUT2D eigenvalue weighted by atomic mass is 10.2. The van der Waals surface area contributed by atoms with E-state index >= 15 is 0 Å². The zero-order valence-electron chi connectivity index (χ0n) is 18.0. The fourth-order valence-electron chi connectivity index (χ4n) is 4.09. The van der Waals surface area contributed by atoms with Gasteiger partial charge in [0.1, 0.15) is 0 Å². The van der Waals surface area contributed by atoms with Crippen molar-refractivity contribution in [2.45, 2.75) is 63.4 Å². The average Bonchev–Trinajstić information content (AvgIpc) is 3.23. The molecule has 7 nitrogen and oxygen atoms in total. The molecule has 1 aromatic carbocycles. The van der Waals surface area contributed by atoms with Crippen molar-refractivity contribution in [1.29, 1.82) is 0 Å². The molecule has 3 rings (SSSR count). The maximum Gasteiger partial charge on any atom is 0.321 e. The highest BCUT2D eigenvalue weighted by Crippen LogP contribution is 2.26. The first-order valence-corrected chi connectivity index (χ1v) is 12.0. The number of amides is 2. The first kappa shape index (κ1) is 22.1. The van der Waals surface area contributed by atoms with Crippen LogP contribution in [0.4, 0.5) is 10.5 Å². The summed E-state index contributed by atoms with van der Waals surface area (Å²) in [5, 5.41) is 2.93. The molecule has 1 N–H and O–H groups in total. The van der Waals surface area contributed by atoms with Crippen LogP contribution >= 0.6 is 0 Å². The number of anilines is 1. The molecule has 1 aliphatic carbocycles. The number of sulfonamides is 1. The Labute approximate surface area is 175 Å². The normalized spacial score (nSPS) is 19.3. The summed E-state index contributed by atoms with van der Waals surface area (Å²) < 4.78 is 26.9. The van der Waals surface area contributed by atoms with Crippen molar-refractivity contribution in [3.63, 3.8) is 0 Å². The van der Waals surface area contributed by atoms with Crippen LogP contribution in [0.3, 0.4) is 0 Å². The maximum atomic E-state index is 12.8. The Bertz CT molecular complexity index is 826. The number of nitrogens with zero attached hydrogens (tertiary/aromatic N) is 3. The standard InChI is InChI=1S/C21H34N4O3S/c1-16(2)23(4)29(27,28)19-10-9-17(3)20(15-19)22-21(26)25-13-11-24(12-14-25)18-7-5-6-8-18/h9-10,15-16,18H,5-8,11-14H2,1-4H3,(H,22,26). The van der Waals surface area contributed by atoms with Gasteiger partial charge in [0, 0.05) is 51.0 Å². The largest absolute Gasteiger partial charge is 0.322 e. The molecule has 1 saturated carbocycles. The lowest BCUT2D eigenvalue weighted by molar-refractivity contribution is 0.115. The molecule has 0 atom stereocenters. The number of carbonyl (C=O) groups is 1. The number of carbonyl (C=O) groups excluding carboxylic acids is 1. The molecule has 8 heteroatoms. The van der Waals surface area contributed by atoms with E-state index in [-0.39, 0.29) is 17.0 Å². The Balaban J connectivity index is 1.66. The van der Waals surface area contributed by atoms with Crippen LogP contribution in [0.5, 0.6) is 0 Å². The van der Waals surface area contributed by atoms with Crippen molar-refractivity contribution in [3.05, 3.63) is 23.8 Å². The Hall–Kier alpha value is -1.64. The van der Waals surface area contributed by atoms with Crippen LogP contribution in [-0.4, -0.2) is 73.9 Å². The van der Waals surface area contributed by atoms with Gasteiger partial charge in [-0.15, -0.1) is 0 Å². The second-order valence-corrected chi connectivity index (χ2v) is 10.5. The molecule has 1 aliphatic heterocycles. The summed E-state index contributed by atoms with van der Waals surface area (Å²) in [5.74, 6) is 0. The summed E-state index contributed by atoms with van der Waals surface area (Å²) >= 11 is 0. The highest BCUT2D eigenvalue weighted by atomic mass is 32.2. The molecule has 2 amide bonds. The van der Waals surface area contributed by atoms with Crippen molar-refractivity contribution in [2.24, 2.45) is 0 Å². The molecule has 1 heterocycles. The van der Waals surface area contributed by atoms with E-state index in [0.29, 0.717) is 24.8 Å². The summed E-state index contributed by atoms with van der Waals surface area (Å²) in [6.45, 7) is 8.76. The van der Waals surface area contributed by atoms with Crippen molar-refractivity contribution in [2.75, 3.05) is 38.5 Å². The van der Waals surface area contributed by atoms with E-state index in [1.54, 1.807) is 25.2 Å². The molecule has 1 saturated heterocycles. The van der Waals surface area contributed by atoms with Gasteiger partial charge in [-0.05, 0) is 51.3 Å². The van der Waals surface area contributed by atoms with Gasteiger partial charge in [0.25, 0.3) is 0 Å². The summed E-state index contributed by atoms with van der Waals surface area (Å²) in [5.41, 5.74) is 1.39. The Morgan fingerprint density at radius 1 is 1.14 bits per heavy atom. The van der Waals surface area contributed by atoms with Crippen molar-refractivity contribution < 1.29 is 13.2 Å². The molecule has 1 aromatic rings. The van der Waals surface area contributed by atoms with E-state index in [1.807, 2.05) is 25.7 Å². The maximum absolute atomic E-state index is 12.8. The lowest BCUT2D eigenvalue weighted by Gasteiger charge is -2.38. The van der Waals surface area contributed by atoms with E-state index in [9.17, 15) is 13.2 Å². The van der Waals surface area contributed by atoms with Crippen LogP contribution in [0.1, 0.15) is 45.1 Å². The minimum Gasteiger partial charge on any atom is -0.322 e. The fraction of sp³-hybridized carbons (Fsp3) is 0.667. The van der Waals surface area contributed by atoms with Gasteiger partial charge in [-0.25, -0.2) is 13.2 Å². The number of benzene rings is 1. The number of nitrogens with one attached hydrogen (secondary N) is 1. The van der Waals surface area contributed by atoms with Gasteiger partial charge in [0.05, 0.1) is 4.90 Å². The fourth-order valence-corrected chi connectivity index (χ4v) is 5.49. The number of rotatable bonds is 5. The SMILES string of the molecule is Cc1ccc(S(=O)(=O)N(C)C(C)C)cc1NC(=O)N1CCN(C2CCCC2)CC1. The molecule has 2 fully saturated rings. The zero-order chi connectivity index (χ0) is 21.2. The molecule has 0 unspecified atom stereocenters. The molecular formula is C21H34N4O3S. The summed E-state index contributed by atoms with van der Waals surface area (Å²) in [7, 11) is -2.02. The van der Waals surface area contributed by atoms with Gasteiger partial charge in [0.2, 0.25) is 10.0 Å². The lowest BCUT2D eigenvalue weighted by Crippen LogP contribution is -2.52. The monoisotopic (exact) mass is 422 g/mol. The Kier molecular flexibility index (Phi) is 6.86. The molecular weight excluding hydrogens is 388 g/mol. The minimum atomic E-state index is -3.59. The summed E-state index contributed by atoms with van der Waals surface area (Å²) in [6.07, 6.45) is 5.18. The van der Waals surface area contributed by atoms with E-state index in [4.69, 9.17) is 0 Å². The highest BCUT2D eigenvalue weighted by molar-refractivity contribution is 7.89. The summed E-state index contributed by atoms with van der Waals surface area (Å²) in [4.78, 5) is 17.3. The number of hydrogen-bond donors (Lipinski definition) is 1. The van der Waals surface area contributed by atoms with Gasteiger partial charge >= 0.3 is 6.03 Å². The van der Waals surface area contributed by atoms with Crippen LogP contribution in [0.15, 0.2) is 23.1 Å². The van der Waals surface area contributed by atoms with Gasteiger partial charge in [-0.2, -0.15) is 4.31 Å². The van der Waals surface area contributed by atoms with Crippen molar-refractivity contribution in [3.8, 4) is 0 Å². The van der Waals surface area contributed by atoms with Crippen molar-refractivity contribution >= 4 is 21.7 Å². The first-order chi connectivity index (χ1) is 13.7. The third-order valence-electron chi connectivity index (χ3n) is 6.30. The predicted molar refractivity (Wildman–Crippen MR) is 116 cm³/mol. The molecule has 0 spiro atoms. The van der Waals surface area contributed by atoms with Gasteiger partial charge in [-0.1, -0.05) is 18.9 Å². The highest BCUT2D eigenvalue weighted by Gasteiger charge is 2.28. The van der Waals surface area contributed by atoms with Crippen LogP contribution in [-0.2, 0) is 10.0 Å². The molecule has 2 aliphatic rings. The van der Waals surface area contributed by atoms with Crippen LogP contribution in [0.2, 0.25) is 0 Å². The van der Waals surface area contributed by atoms with Crippen molar-refractivity contribution in [1.82, 2.24) is 14.1 Å². The number of aryl methyl sites for hydroxylation is 1. The predicted octanol–water partition coefficient (Wildman–Crippen LogP) is 3.12. The van der Waals surface area contributed by atoms with E-state index in [0.717, 1.165) is 18.7 Å². The van der Waals surface area contributed by atoms with Gasteiger partial charge in [-0.3, -0.25) is 4.90 Å². The molecule has 29 heavy (non-hydrogen) atoms. The Morgan fingerprint density at radius 3 is 2.34 bits per heavy atom. The van der Waals surface area contributed by atoms with Crippen LogP contribution in [0.25, 0.3) is 0 Å². The number of piperazine rings is 1. The zero-order valence-corrected chi connectivity index (χ0v) is 18.8. The molecule has 0 bridgehead atoms. The second-order valence-electron chi connectivity index (χ2n) is 8.48. The second kappa shape index (κ2) is 9.02. The molecule has 0 aromatic heterocycles. The number of hydrogen-bond acceptors (Lipinski definition) is 4. The Morgan fingerprint density at radius 2 is 1.76 bits per heavy atom. The quantitative estimate of drug-likeness (QED) is 0.791. The minimum absolute atomic E-state index is 0.143. The van der Waals surface area contributed by atoms with Gasteiger partial charge < -0.3 is 10.2 Å². The van der Waals surface area contributed by atoms with E-state index in [2.05, 4.69) is 10.2 Å². The molecule has 162 valence electrons. The first-order valence-electron chi connectivity index (χ1n) is 10.6. The third-order valence-corrected chi connectivity index (χ3v) is 8.33. The number of urea groups is 1. The topological polar surface area (TPSA) is 73.0 Å². The van der Waals surface area contributed by atoms with E-state index < -0.39 is 10.0 Å². The average molecular weight is 423 g/mol. The van der Waals surface area contributed by atoms with Crippen LogP contribution < -0.4 is 5.32 Å². The smallest absolute Gasteiger partial charge is 0.321 e. The van der Waals surface area contributed by atoms with E-state index in [1.165, 1.54) is 30.0 Å².